The fourth-order valence-corrected chi connectivity index (χ4v) is 2.83. The van der Waals surface area contributed by atoms with Gasteiger partial charge in [0, 0.05) is 4.88 Å². The Morgan fingerprint density at radius 1 is 1.35 bits per heavy atom. The summed E-state index contributed by atoms with van der Waals surface area (Å²) in [6.07, 6.45) is 4.09. The number of nitrogens with one attached hydrogen (secondary N) is 1. The largest absolute Gasteiger partial charge is 0.376 e. The van der Waals surface area contributed by atoms with Gasteiger partial charge in [-0.25, -0.2) is 4.98 Å². The molecule has 1 saturated carbocycles. The average molecular weight is 248 g/mol. The van der Waals surface area contributed by atoms with Gasteiger partial charge in [0.1, 0.15) is 0 Å². The summed E-state index contributed by atoms with van der Waals surface area (Å²) in [4.78, 5) is 5.01. The van der Waals surface area contributed by atoms with E-state index in [1.807, 2.05) is 0 Å². The Morgan fingerprint density at radius 3 is 2.82 bits per heavy atom. The molecule has 0 aliphatic heterocycles. The fourth-order valence-electron chi connectivity index (χ4n) is 1.96. The summed E-state index contributed by atoms with van der Waals surface area (Å²) in [6, 6.07) is 7.70. The van der Waals surface area contributed by atoms with Crippen molar-refractivity contribution in [1.82, 2.24) is 4.98 Å². The first-order valence-electron chi connectivity index (χ1n) is 5.74. The van der Waals surface area contributed by atoms with Crippen LogP contribution in [0.5, 0.6) is 0 Å². The molecule has 2 aromatic heterocycles. The molecule has 1 fully saturated rings. The number of rotatable bonds is 4. The van der Waals surface area contributed by atoms with Crippen LogP contribution in [0.25, 0.3) is 0 Å². The zero-order chi connectivity index (χ0) is 11.7. The van der Waals surface area contributed by atoms with Gasteiger partial charge in [-0.1, -0.05) is 6.07 Å². The first-order chi connectivity index (χ1) is 8.33. The number of hydrogen-bond acceptors (Lipinski definition) is 3. The number of thiophene rings is 1. The second kappa shape index (κ2) is 4.45. The van der Waals surface area contributed by atoms with Crippen LogP contribution in [0.4, 0.5) is 10.1 Å². The number of halogens is 1. The zero-order valence-corrected chi connectivity index (χ0v) is 10.1. The van der Waals surface area contributed by atoms with Crippen molar-refractivity contribution in [2.24, 2.45) is 5.92 Å². The first kappa shape index (κ1) is 10.7. The summed E-state index contributed by atoms with van der Waals surface area (Å²) in [7, 11) is 0. The van der Waals surface area contributed by atoms with Crippen LogP contribution in [0.2, 0.25) is 0 Å². The molecule has 0 saturated heterocycles. The van der Waals surface area contributed by atoms with Crippen molar-refractivity contribution in [3.8, 4) is 0 Å². The summed E-state index contributed by atoms with van der Waals surface area (Å²) in [5, 5.41) is 5.54. The molecule has 4 heteroatoms. The van der Waals surface area contributed by atoms with Gasteiger partial charge in [0.15, 0.2) is 0 Å². The molecule has 1 N–H and O–H groups in total. The molecule has 0 aromatic carbocycles. The van der Waals surface area contributed by atoms with Crippen molar-refractivity contribution in [2.75, 3.05) is 5.32 Å². The maximum atomic E-state index is 12.7. The minimum absolute atomic E-state index is 0.349. The lowest BCUT2D eigenvalue weighted by atomic mass is 10.1. The van der Waals surface area contributed by atoms with Crippen molar-refractivity contribution in [3.05, 3.63) is 46.7 Å². The smallest absolute Gasteiger partial charge is 0.212 e. The first-order valence-corrected chi connectivity index (χ1v) is 6.62. The normalized spacial score (nSPS) is 16.8. The highest BCUT2D eigenvalue weighted by Gasteiger charge is 2.32. The van der Waals surface area contributed by atoms with E-state index >= 15 is 0 Å². The Morgan fingerprint density at radius 2 is 2.24 bits per heavy atom. The molecule has 2 aromatic rings. The molecular weight excluding hydrogens is 235 g/mol. The predicted molar refractivity (Wildman–Crippen MR) is 67.6 cm³/mol. The number of aromatic nitrogens is 1. The minimum Gasteiger partial charge on any atom is -0.376 e. The molecule has 88 valence electrons. The third-order valence-electron chi connectivity index (χ3n) is 2.99. The van der Waals surface area contributed by atoms with Crippen LogP contribution in [-0.4, -0.2) is 4.98 Å². The SMILES string of the molecule is Fc1ccc(NC(c2cccs2)C2CC2)cn1. The molecule has 2 nitrogen and oxygen atoms in total. The topological polar surface area (TPSA) is 24.9 Å². The minimum atomic E-state index is -0.436. The van der Waals surface area contributed by atoms with E-state index in [9.17, 15) is 4.39 Å². The summed E-state index contributed by atoms with van der Waals surface area (Å²) in [6.45, 7) is 0. The van der Waals surface area contributed by atoms with E-state index in [4.69, 9.17) is 0 Å². The third kappa shape index (κ3) is 2.47. The van der Waals surface area contributed by atoms with Gasteiger partial charge >= 0.3 is 0 Å². The van der Waals surface area contributed by atoms with Crippen LogP contribution in [0, 0.1) is 11.9 Å². The van der Waals surface area contributed by atoms with Crippen LogP contribution in [0.3, 0.4) is 0 Å². The highest BCUT2D eigenvalue weighted by Crippen LogP contribution is 2.44. The lowest BCUT2D eigenvalue weighted by Gasteiger charge is -2.17. The van der Waals surface area contributed by atoms with Gasteiger partial charge in [-0.05, 0) is 42.3 Å². The molecule has 1 aliphatic carbocycles. The monoisotopic (exact) mass is 248 g/mol. The summed E-state index contributed by atoms with van der Waals surface area (Å²) >= 11 is 1.76. The number of hydrogen-bond donors (Lipinski definition) is 1. The molecule has 0 bridgehead atoms. The van der Waals surface area contributed by atoms with Crippen LogP contribution in [0.15, 0.2) is 35.8 Å². The van der Waals surface area contributed by atoms with Gasteiger partial charge < -0.3 is 5.32 Å². The molecular formula is C13H13FN2S. The molecule has 2 heterocycles. The Hall–Kier alpha value is -1.42. The van der Waals surface area contributed by atoms with E-state index in [1.165, 1.54) is 23.8 Å². The second-order valence-corrected chi connectivity index (χ2v) is 5.32. The average Bonchev–Trinajstić information content (AvgIpc) is 3.03. The number of pyridine rings is 1. The van der Waals surface area contributed by atoms with Gasteiger partial charge in [0.25, 0.3) is 0 Å². The highest BCUT2D eigenvalue weighted by atomic mass is 32.1. The standard InChI is InChI=1S/C13H13FN2S/c14-12-6-5-10(8-15-12)16-13(9-3-4-9)11-2-1-7-17-11/h1-2,5-9,13,16H,3-4H2. The Balaban J connectivity index is 1.79. The van der Waals surface area contributed by atoms with Gasteiger partial charge in [-0.3, -0.25) is 0 Å². The van der Waals surface area contributed by atoms with E-state index in [0.717, 1.165) is 5.69 Å². The maximum absolute atomic E-state index is 12.7. The van der Waals surface area contributed by atoms with Gasteiger partial charge in [-0.15, -0.1) is 11.3 Å². The third-order valence-corrected chi connectivity index (χ3v) is 3.95. The van der Waals surface area contributed by atoms with Crippen molar-refractivity contribution in [1.29, 1.82) is 0 Å². The molecule has 17 heavy (non-hydrogen) atoms. The second-order valence-electron chi connectivity index (χ2n) is 4.34. The maximum Gasteiger partial charge on any atom is 0.212 e. The highest BCUT2D eigenvalue weighted by molar-refractivity contribution is 7.10. The van der Waals surface area contributed by atoms with Crippen molar-refractivity contribution in [2.45, 2.75) is 18.9 Å². The Kier molecular flexibility index (Phi) is 2.81. The lowest BCUT2D eigenvalue weighted by molar-refractivity contribution is 0.583. The van der Waals surface area contributed by atoms with E-state index in [2.05, 4.69) is 27.8 Å². The van der Waals surface area contributed by atoms with Crippen LogP contribution < -0.4 is 5.32 Å². The zero-order valence-electron chi connectivity index (χ0n) is 9.27. The predicted octanol–water partition coefficient (Wildman–Crippen LogP) is 3.85. The summed E-state index contributed by atoms with van der Waals surface area (Å²) in [5.41, 5.74) is 0.886. The van der Waals surface area contributed by atoms with E-state index in [-0.39, 0.29) is 0 Å². The molecule has 1 aliphatic rings. The van der Waals surface area contributed by atoms with E-state index in [1.54, 1.807) is 23.6 Å². The fraction of sp³-hybridized carbons (Fsp3) is 0.308. The van der Waals surface area contributed by atoms with Gasteiger partial charge in [0.05, 0.1) is 17.9 Å². The molecule has 0 spiro atoms. The van der Waals surface area contributed by atoms with Crippen LogP contribution in [-0.2, 0) is 0 Å². The van der Waals surface area contributed by atoms with Crippen LogP contribution >= 0.6 is 11.3 Å². The van der Waals surface area contributed by atoms with Gasteiger partial charge in [0.2, 0.25) is 5.95 Å². The Bertz CT molecular complexity index is 477. The number of anilines is 1. The summed E-state index contributed by atoms with van der Waals surface area (Å²) in [5.74, 6) is 0.272. The lowest BCUT2D eigenvalue weighted by Crippen LogP contribution is -2.11. The molecule has 0 radical (unpaired) electrons. The molecule has 1 atom stereocenters. The Labute approximate surface area is 104 Å². The molecule has 0 amide bonds. The molecule has 1 unspecified atom stereocenters. The van der Waals surface area contributed by atoms with Gasteiger partial charge in [-0.2, -0.15) is 4.39 Å². The summed E-state index contributed by atoms with van der Waals surface area (Å²) < 4.78 is 12.7. The number of nitrogens with zero attached hydrogens (tertiary/aromatic N) is 1. The van der Waals surface area contributed by atoms with Crippen molar-refractivity contribution in [3.63, 3.8) is 0 Å². The quantitative estimate of drug-likeness (QED) is 0.831. The van der Waals surface area contributed by atoms with E-state index in [0.29, 0.717) is 12.0 Å². The van der Waals surface area contributed by atoms with Crippen molar-refractivity contribution < 1.29 is 4.39 Å². The van der Waals surface area contributed by atoms with Crippen LogP contribution in [0.1, 0.15) is 23.8 Å². The van der Waals surface area contributed by atoms with E-state index < -0.39 is 5.95 Å². The molecule has 3 rings (SSSR count). The van der Waals surface area contributed by atoms with Crippen molar-refractivity contribution >= 4 is 17.0 Å².